The van der Waals surface area contributed by atoms with Gasteiger partial charge in [-0.15, -0.1) is 0 Å². The van der Waals surface area contributed by atoms with Gasteiger partial charge in [-0.1, -0.05) is 13.8 Å². The zero-order valence-electron chi connectivity index (χ0n) is 21.4. The van der Waals surface area contributed by atoms with Crippen molar-refractivity contribution in [2.75, 3.05) is 26.2 Å². The number of hydrazone groups is 1. The number of nitrogens with zero attached hydrogens (tertiary/aromatic N) is 2. The Morgan fingerprint density at radius 2 is 2.06 bits per heavy atom. The molecule has 0 radical (unpaired) electrons. The summed E-state index contributed by atoms with van der Waals surface area (Å²) in [5, 5.41) is 20.2. The number of nitrogens with one attached hydrogen (secondary N) is 2. The number of ether oxygens (including phenoxy) is 1. The minimum absolute atomic E-state index is 0.0904. The van der Waals surface area contributed by atoms with Crippen LogP contribution in [0.1, 0.15) is 84.5 Å². The van der Waals surface area contributed by atoms with Gasteiger partial charge in [-0.25, -0.2) is 5.43 Å². The van der Waals surface area contributed by atoms with E-state index in [4.69, 9.17) is 10.5 Å². The molecule has 0 aromatic heterocycles. The Balaban J connectivity index is 1.26. The third-order valence-electron chi connectivity index (χ3n) is 10.9. The number of guanidine groups is 1. The average molecular weight is 474 g/mol. The van der Waals surface area contributed by atoms with Crippen molar-refractivity contribution in [3.63, 3.8) is 0 Å². The Labute approximate surface area is 205 Å². The molecule has 1 aliphatic heterocycles. The van der Waals surface area contributed by atoms with E-state index in [1.54, 1.807) is 0 Å². The Hall–Kier alpha value is -1.18. The fourth-order valence-electron chi connectivity index (χ4n) is 8.75. The van der Waals surface area contributed by atoms with Gasteiger partial charge in [0.25, 0.3) is 0 Å². The normalized spacial score (nSPS) is 46.2. The smallest absolute Gasteiger partial charge is 0.212 e. The second kappa shape index (κ2) is 9.70. The minimum atomic E-state index is -0.574. The number of hydrogen-bond donors (Lipinski definition) is 4. The summed E-state index contributed by atoms with van der Waals surface area (Å²) < 4.78 is 6.19. The summed E-state index contributed by atoms with van der Waals surface area (Å²) in [6.45, 7) is 8.21. The predicted octanol–water partition coefficient (Wildman–Crippen LogP) is 3.42. The van der Waals surface area contributed by atoms with Crippen molar-refractivity contribution in [2.45, 2.75) is 96.2 Å². The van der Waals surface area contributed by atoms with E-state index in [-0.39, 0.29) is 5.41 Å². The molecule has 192 valence electrons. The molecule has 5 N–H and O–H groups in total. The molecule has 5 aliphatic rings. The van der Waals surface area contributed by atoms with Crippen LogP contribution >= 0.6 is 0 Å². The maximum Gasteiger partial charge on any atom is 0.212 e. The van der Waals surface area contributed by atoms with E-state index in [0.717, 1.165) is 76.5 Å². The number of nitrogens with two attached hydrogens (primary N) is 1. The standard InChI is InChI=1S/C27H47N5O2/c1-25-10-8-21(34-16-3-13-28)17-19(25)5-6-23-22(25)9-11-26(2)20(7-12-27(23,26)33)18-31-32-24-29-14-4-15-30-24/h18-23,33H,3-17,28H2,1-2H3,(H2,29,30,32)/b31-18+/t19-,20-,21+,22+,23-,25+,26-,27+/m1/s1. The lowest BCUT2D eigenvalue weighted by atomic mass is 9.43. The van der Waals surface area contributed by atoms with E-state index in [9.17, 15) is 5.11 Å². The molecule has 34 heavy (non-hydrogen) atoms. The van der Waals surface area contributed by atoms with Crippen LogP contribution in [0.25, 0.3) is 0 Å². The first-order chi connectivity index (χ1) is 16.4. The molecular weight excluding hydrogens is 426 g/mol. The molecule has 0 spiro atoms. The molecule has 7 heteroatoms. The zero-order valence-corrected chi connectivity index (χ0v) is 21.4. The van der Waals surface area contributed by atoms with Gasteiger partial charge in [0.15, 0.2) is 0 Å². The van der Waals surface area contributed by atoms with Crippen LogP contribution in [0.15, 0.2) is 10.1 Å². The maximum atomic E-state index is 12.3. The summed E-state index contributed by atoms with van der Waals surface area (Å²) in [4.78, 5) is 4.45. The van der Waals surface area contributed by atoms with Crippen molar-refractivity contribution in [3.8, 4) is 0 Å². The summed E-state index contributed by atoms with van der Waals surface area (Å²) in [5.74, 6) is 2.86. The highest BCUT2D eigenvalue weighted by Crippen LogP contribution is 2.68. The molecule has 0 bridgehead atoms. The SMILES string of the molecule is C[C@]12CC[C@H](OCCCN)C[C@H]1CC[C@@H]1[C@@H]2CC[C@]2(C)[C@@H](/C=N/NC3=NCCCN3)CC[C@]12O. The molecular formula is C27H47N5O2. The fraction of sp³-hybridized carbons (Fsp3) is 0.926. The molecule has 5 rings (SSSR count). The van der Waals surface area contributed by atoms with Gasteiger partial charge >= 0.3 is 0 Å². The first-order valence-electron chi connectivity index (χ1n) is 14.0. The van der Waals surface area contributed by atoms with E-state index >= 15 is 0 Å². The van der Waals surface area contributed by atoms with Gasteiger partial charge in [0.1, 0.15) is 0 Å². The van der Waals surface area contributed by atoms with E-state index in [1.165, 1.54) is 25.7 Å². The topological polar surface area (TPSA) is 104 Å². The monoisotopic (exact) mass is 473 g/mol. The van der Waals surface area contributed by atoms with Crippen LogP contribution in [-0.2, 0) is 4.74 Å². The number of aliphatic hydroxyl groups is 1. The van der Waals surface area contributed by atoms with Crippen molar-refractivity contribution in [1.82, 2.24) is 10.7 Å². The van der Waals surface area contributed by atoms with Gasteiger partial charge in [0.05, 0.1) is 11.7 Å². The van der Waals surface area contributed by atoms with Gasteiger partial charge in [-0.2, -0.15) is 5.10 Å². The summed E-state index contributed by atoms with van der Waals surface area (Å²) in [7, 11) is 0. The van der Waals surface area contributed by atoms with Crippen LogP contribution in [0.2, 0.25) is 0 Å². The summed E-state index contributed by atoms with van der Waals surface area (Å²) in [6.07, 6.45) is 14.8. The Morgan fingerprint density at radius 1 is 1.18 bits per heavy atom. The number of rotatable bonds is 6. The summed E-state index contributed by atoms with van der Waals surface area (Å²) >= 11 is 0. The lowest BCUT2D eigenvalue weighted by Gasteiger charge is -2.63. The van der Waals surface area contributed by atoms with Crippen LogP contribution in [0, 0.1) is 34.5 Å². The minimum Gasteiger partial charge on any atom is -0.389 e. The van der Waals surface area contributed by atoms with Gasteiger partial charge in [-0.05, 0) is 100 Å². The van der Waals surface area contributed by atoms with E-state index in [1.807, 2.05) is 0 Å². The van der Waals surface area contributed by atoms with Crippen molar-refractivity contribution in [2.24, 2.45) is 50.3 Å². The van der Waals surface area contributed by atoms with Gasteiger partial charge in [0, 0.05) is 37.2 Å². The van der Waals surface area contributed by atoms with E-state index in [0.29, 0.717) is 35.8 Å². The maximum absolute atomic E-state index is 12.3. The molecule has 4 aliphatic carbocycles. The number of hydrogen-bond acceptors (Lipinski definition) is 7. The third kappa shape index (κ3) is 4.09. The molecule has 0 amide bonds. The van der Waals surface area contributed by atoms with Gasteiger partial charge < -0.3 is 20.9 Å². The average Bonchev–Trinajstić information content (AvgIpc) is 3.11. The van der Waals surface area contributed by atoms with Crippen molar-refractivity contribution in [1.29, 1.82) is 0 Å². The highest BCUT2D eigenvalue weighted by Gasteiger charge is 2.66. The molecule has 0 aromatic rings. The van der Waals surface area contributed by atoms with Gasteiger partial charge in [-0.3, -0.25) is 4.99 Å². The lowest BCUT2D eigenvalue weighted by Crippen LogP contribution is -2.62. The number of aliphatic imine (C=N–C) groups is 1. The largest absolute Gasteiger partial charge is 0.389 e. The fourth-order valence-corrected chi connectivity index (χ4v) is 8.75. The first-order valence-corrected chi connectivity index (χ1v) is 14.0. The summed E-state index contributed by atoms with van der Waals surface area (Å²) in [5.41, 5.74) is 8.44. The van der Waals surface area contributed by atoms with E-state index in [2.05, 4.69) is 40.9 Å². The van der Waals surface area contributed by atoms with Crippen LogP contribution in [0.4, 0.5) is 0 Å². The molecule has 4 fully saturated rings. The predicted molar refractivity (Wildman–Crippen MR) is 137 cm³/mol. The first kappa shape index (κ1) is 24.5. The molecule has 1 heterocycles. The third-order valence-corrected chi connectivity index (χ3v) is 10.9. The second-order valence-electron chi connectivity index (χ2n) is 12.3. The second-order valence-corrected chi connectivity index (χ2v) is 12.3. The highest BCUT2D eigenvalue weighted by molar-refractivity contribution is 5.81. The Morgan fingerprint density at radius 3 is 2.85 bits per heavy atom. The highest BCUT2D eigenvalue weighted by atomic mass is 16.5. The molecule has 0 aromatic carbocycles. The van der Waals surface area contributed by atoms with Crippen LogP contribution < -0.4 is 16.5 Å². The van der Waals surface area contributed by atoms with Crippen molar-refractivity contribution < 1.29 is 9.84 Å². The Bertz CT molecular complexity index is 789. The molecule has 4 saturated carbocycles. The molecule has 7 nitrogen and oxygen atoms in total. The lowest BCUT2D eigenvalue weighted by molar-refractivity contribution is -0.207. The zero-order chi connectivity index (χ0) is 23.8. The summed E-state index contributed by atoms with van der Waals surface area (Å²) in [6, 6.07) is 0. The quantitative estimate of drug-likeness (QED) is 0.269. The van der Waals surface area contributed by atoms with E-state index < -0.39 is 5.60 Å². The van der Waals surface area contributed by atoms with Crippen molar-refractivity contribution >= 4 is 12.2 Å². The number of fused-ring (bicyclic) bond motifs is 5. The Kier molecular flexibility index (Phi) is 6.99. The molecule has 8 atom stereocenters. The van der Waals surface area contributed by atoms with Crippen molar-refractivity contribution in [3.05, 3.63) is 0 Å². The molecule has 0 unspecified atom stereocenters. The molecule has 0 saturated heterocycles. The van der Waals surface area contributed by atoms with Gasteiger partial charge in [0.2, 0.25) is 5.96 Å². The van der Waals surface area contributed by atoms with Crippen LogP contribution in [0.5, 0.6) is 0 Å². The van der Waals surface area contributed by atoms with Crippen LogP contribution in [0.3, 0.4) is 0 Å². The van der Waals surface area contributed by atoms with Crippen LogP contribution in [-0.4, -0.2) is 55.2 Å².